The highest BCUT2D eigenvalue weighted by molar-refractivity contribution is 8.01. The Morgan fingerprint density at radius 2 is 2.71 bits per heavy atom. The summed E-state index contributed by atoms with van der Waals surface area (Å²) >= 11 is 1.42. The molecule has 1 rings (SSSR count). The summed E-state index contributed by atoms with van der Waals surface area (Å²) in [6.07, 6.45) is 1.86. The molecule has 2 heteroatoms. The van der Waals surface area contributed by atoms with Gasteiger partial charge in [-0.1, -0.05) is 0 Å². The van der Waals surface area contributed by atoms with Gasteiger partial charge in [-0.15, -0.1) is 5.73 Å². The lowest BCUT2D eigenvalue weighted by atomic mass is 10.4. The molecule has 1 aliphatic rings. The third kappa shape index (κ3) is 1.22. The standard InChI is InChI=1S/C5H5NS/c1-5-3-2-4-7-6-5/h3-4H,1H3. The van der Waals surface area contributed by atoms with E-state index in [2.05, 4.69) is 10.1 Å². The summed E-state index contributed by atoms with van der Waals surface area (Å²) in [7, 11) is 0. The van der Waals surface area contributed by atoms with E-state index in [4.69, 9.17) is 0 Å². The molecule has 0 aliphatic carbocycles. The van der Waals surface area contributed by atoms with Gasteiger partial charge in [0.1, 0.15) is 0 Å². The van der Waals surface area contributed by atoms with Gasteiger partial charge in [-0.25, -0.2) is 4.40 Å². The van der Waals surface area contributed by atoms with Gasteiger partial charge in [0.15, 0.2) is 0 Å². The van der Waals surface area contributed by atoms with Crippen LogP contribution < -0.4 is 0 Å². The largest absolute Gasteiger partial charge is 0.216 e. The van der Waals surface area contributed by atoms with Crippen LogP contribution in [0.3, 0.4) is 0 Å². The van der Waals surface area contributed by atoms with Crippen LogP contribution in [-0.4, -0.2) is 5.71 Å². The average Bonchev–Trinajstić information content (AvgIpc) is 1.69. The molecule has 0 N–H and O–H groups in total. The highest BCUT2D eigenvalue weighted by Crippen LogP contribution is 2.06. The Morgan fingerprint density at radius 3 is 3.00 bits per heavy atom. The van der Waals surface area contributed by atoms with Crippen molar-refractivity contribution in [3.8, 4) is 0 Å². The van der Waals surface area contributed by atoms with Crippen molar-refractivity contribution in [1.29, 1.82) is 0 Å². The summed E-state index contributed by atoms with van der Waals surface area (Å²) in [6.45, 7) is 1.95. The van der Waals surface area contributed by atoms with Crippen LogP contribution >= 0.6 is 11.9 Å². The van der Waals surface area contributed by atoms with Crippen LogP contribution in [-0.2, 0) is 0 Å². The van der Waals surface area contributed by atoms with Crippen LogP contribution in [0.5, 0.6) is 0 Å². The molecule has 1 aliphatic heterocycles. The number of hydrogen-bond acceptors (Lipinski definition) is 2. The number of hydrogen-bond donors (Lipinski definition) is 0. The molecule has 0 atom stereocenters. The number of nitrogens with zero attached hydrogens (tertiary/aromatic N) is 1. The molecule has 0 spiro atoms. The van der Waals surface area contributed by atoms with Gasteiger partial charge >= 0.3 is 0 Å². The molecule has 1 heterocycles. The minimum atomic E-state index is 1.03. The van der Waals surface area contributed by atoms with Gasteiger partial charge in [0.05, 0.1) is 5.71 Å². The van der Waals surface area contributed by atoms with Crippen molar-refractivity contribution in [2.45, 2.75) is 6.92 Å². The van der Waals surface area contributed by atoms with Crippen LogP contribution in [0.4, 0.5) is 0 Å². The predicted molar refractivity (Wildman–Crippen MR) is 33.4 cm³/mol. The van der Waals surface area contributed by atoms with Crippen molar-refractivity contribution in [2.24, 2.45) is 4.40 Å². The predicted octanol–water partition coefficient (Wildman–Crippen LogP) is 1.78. The summed E-state index contributed by atoms with van der Waals surface area (Å²) in [5.74, 6) is 0. The fourth-order valence-corrected chi connectivity index (χ4v) is 0.721. The normalized spacial score (nSPS) is 17.0. The summed E-state index contributed by atoms with van der Waals surface area (Å²) in [5.41, 5.74) is 3.95. The molecular formula is C5H5NS. The van der Waals surface area contributed by atoms with E-state index in [0.29, 0.717) is 0 Å². The van der Waals surface area contributed by atoms with Crippen LogP contribution in [0, 0.1) is 0 Å². The van der Waals surface area contributed by atoms with Crippen molar-refractivity contribution < 1.29 is 0 Å². The summed E-state index contributed by atoms with van der Waals surface area (Å²) in [4.78, 5) is 0. The second-order valence-corrected chi connectivity index (χ2v) is 1.90. The summed E-state index contributed by atoms with van der Waals surface area (Å²) in [6, 6.07) is 0. The molecule has 0 radical (unpaired) electrons. The van der Waals surface area contributed by atoms with Crippen molar-refractivity contribution in [2.75, 3.05) is 0 Å². The Hall–Kier alpha value is -0.460. The maximum Gasteiger partial charge on any atom is 0.0537 e. The third-order valence-electron chi connectivity index (χ3n) is 0.610. The zero-order valence-electron chi connectivity index (χ0n) is 4.01. The first-order chi connectivity index (χ1) is 3.39. The fraction of sp³-hybridized carbons (Fsp3) is 0.200. The minimum absolute atomic E-state index is 1.03. The van der Waals surface area contributed by atoms with Crippen molar-refractivity contribution >= 4 is 17.7 Å². The van der Waals surface area contributed by atoms with E-state index in [1.807, 2.05) is 18.4 Å². The Kier molecular flexibility index (Phi) is 1.35. The van der Waals surface area contributed by atoms with Crippen LogP contribution in [0.15, 0.2) is 21.6 Å². The molecule has 0 saturated carbocycles. The molecule has 0 fully saturated rings. The first-order valence-electron chi connectivity index (χ1n) is 2.01. The van der Waals surface area contributed by atoms with Gasteiger partial charge < -0.3 is 0 Å². The van der Waals surface area contributed by atoms with Crippen LogP contribution in [0.1, 0.15) is 6.92 Å². The highest BCUT2D eigenvalue weighted by atomic mass is 32.2. The Balaban J connectivity index is 2.82. The molecule has 0 bridgehead atoms. The van der Waals surface area contributed by atoms with Gasteiger partial charge in [-0.05, 0) is 6.92 Å². The molecule has 0 unspecified atom stereocenters. The third-order valence-corrected chi connectivity index (χ3v) is 1.24. The van der Waals surface area contributed by atoms with E-state index >= 15 is 0 Å². The van der Waals surface area contributed by atoms with E-state index in [-0.39, 0.29) is 0 Å². The van der Waals surface area contributed by atoms with Gasteiger partial charge in [0, 0.05) is 23.4 Å². The first kappa shape index (κ1) is 4.69. The maximum atomic E-state index is 3.99. The smallest absolute Gasteiger partial charge is 0.0537 e. The monoisotopic (exact) mass is 111 g/mol. The van der Waals surface area contributed by atoms with Crippen molar-refractivity contribution in [1.82, 2.24) is 0 Å². The van der Waals surface area contributed by atoms with E-state index in [1.54, 1.807) is 0 Å². The number of rotatable bonds is 0. The molecule has 0 saturated heterocycles. The van der Waals surface area contributed by atoms with E-state index in [0.717, 1.165) is 5.71 Å². The quantitative estimate of drug-likeness (QED) is 0.343. The summed E-state index contributed by atoms with van der Waals surface area (Å²) < 4.78 is 3.99. The molecule has 36 valence electrons. The Bertz CT molecular complexity index is 151. The molecule has 1 nitrogen and oxygen atoms in total. The van der Waals surface area contributed by atoms with Gasteiger partial charge in [0.2, 0.25) is 0 Å². The lowest BCUT2D eigenvalue weighted by Crippen LogP contribution is -1.80. The molecular weight excluding hydrogens is 106 g/mol. The highest BCUT2D eigenvalue weighted by Gasteiger charge is 1.83. The van der Waals surface area contributed by atoms with Crippen molar-refractivity contribution in [3.05, 3.63) is 17.2 Å². The first-order valence-corrected chi connectivity index (χ1v) is 2.84. The van der Waals surface area contributed by atoms with E-state index in [9.17, 15) is 0 Å². The Labute approximate surface area is 47.0 Å². The molecule has 0 aromatic heterocycles. The molecule has 0 amide bonds. The van der Waals surface area contributed by atoms with Gasteiger partial charge in [-0.2, -0.15) is 0 Å². The Morgan fingerprint density at radius 1 is 1.86 bits per heavy atom. The van der Waals surface area contributed by atoms with E-state index in [1.165, 1.54) is 11.9 Å². The summed E-state index contributed by atoms with van der Waals surface area (Å²) in [5, 5.41) is 1.83. The molecule has 0 aromatic rings. The van der Waals surface area contributed by atoms with Crippen LogP contribution in [0.2, 0.25) is 0 Å². The zero-order chi connectivity index (χ0) is 5.11. The fourth-order valence-electron chi connectivity index (χ4n) is 0.321. The minimum Gasteiger partial charge on any atom is -0.216 e. The number of allylic oxidation sites excluding steroid dienone is 1. The maximum absolute atomic E-state index is 3.99. The topological polar surface area (TPSA) is 12.4 Å². The molecule has 7 heavy (non-hydrogen) atoms. The lowest BCUT2D eigenvalue weighted by Gasteiger charge is -1.88. The van der Waals surface area contributed by atoms with Gasteiger partial charge in [-0.3, -0.25) is 0 Å². The zero-order valence-corrected chi connectivity index (χ0v) is 4.83. The SMILES string of the molecule is CC1=NSC=C=C1. The van der Waals surface area contributed by atoms with E-state index < -0.39 is 0 Å². The second-order valence-electron chi connectivity index (χ2n) is 1.27. The lowest BCUT2D eigenvalue weighted by molar-refractivity contribution is 1.77. The second kappa shape index (κ2) is 2.01. The van der Waals surface area contributed by atoms with Crippen LogP contribution in [0.25, 0.3) is 0 Å². The average molecular weight is 111 g/mol. The van der Waals surface area contributed by atoms with Gasteiger partial charge in [0.25, 0.3) is 0 Å². The molecule has 0 aromatic carbocycles. The van der Waals surface area contributed by atoms with Crippen molar-refractivity contribution in [3.63, 3.8) is 0 Å².